The van der Waals surface area contributed by atoms with E-state index in [1.54, 1.807) is 0 Å². The molecule has 78 valence electrons. The number of methoxy groups -OCH3 is 1. The van der Waals surface area contributed by atoms with Gasteiger partial charge in [0.05, 0.1) is 7.11 Å². The van der Waals surface area contributed by atoms with Crippen molar-refractivity contribution in [3.63, 3.8) is 0 Å². The molecule has 0 aromatic carbocycles. The van der Waals surface area contributed by atoms with Crippen LogP contribution in [0.5, 0.6) is 0 Å². The minimum Gasteiger partial charge on any atom is -0.464 e. The summed E-state index contributed by atoms with van der Waals surface area (Å²) >= 11 is 1.84. The van der Waals surface area contributed by atoms with Gasteiger partial charge in [-0.1, -0.05) is 0 Å². The maximum Gasteiger partial charge on any atom is 0.356 e. The van der Waals surface area contributed by atoms with Crippen LogP contribution in [-0.2, 0) is 11.3 Å². The van der Waals surface area contributed by atoms with E-state index < -0.39 is 18.9 Å². The minimum absolute atomic E-state index is 0.0391. The molecule has 14 heavy (non-hydrogen) atoms. The van der Waals surface area contributed by atoms with Gasteiger partial charge in [0.25, 0.3) is 6.43 Å². The second-order valence-corrected chi connectivity index (χ2v) is 3.52. The molecule has 4 nitrogen and oxygen atoms in total. The van der Waals surface area contributed by atoms with E-state index >= 15 is 0 Å². The largest absolute Gasteiger partial charge is 0.464 e. The Morgan fingerprint density at radius 2 is 2.43 bits per heavy atom. The molecule has 1 aromatic rings. The molecular formula is C7H7F2IN2O2. The fourth-order valence-electron chi connectivity index (χ4n) is 0.924. The molecule has 1 heterocycles. The van der Waals surface area contributed by atoms with E-state index in [4.69, 9.17) is 0 Å². The fourth-order valence-corrected chi connectivity index (χ4v) is 1.48. The maximum absolute atomic E-state index is 12.1. The Morgan fingerprint density at radius 1 is 1.79 bits per heavy atom. The highest BCUT2D eigenvalue weighted by Crippen LogP contribution is 2.10. The monoisotopic (exact) mass is 316 g/mol. The first-order valence-corrected chi connectivity index (χ1v) is 4.72. The van der Waals surface area contributed by atoms with Crippen molar-refractivity contribution in [2.24, 2.45) is 0 Å². The van der Waals surface area contributed by atoms with E-state index in [2.05, 4.69) is 9.84 Å². The van der Waals surface area contributed by atoms with Crippen LogP contribution in [0.4, 0.5) is 8.78 Å². The highest BCUT2D eigenvalue weighted by Gasteiger charge is 2.17. The minimum atomic E-state index is -2.55. The highest BCUT2D eigenvalue weighted by atomic mass is 127. The van der Waals surface area contributed by atoms with E-state index in [0.29, 0.717) is 3.70 Å². The lowest BCUT2D eigenvalue weighted by Crippen LogP contribution is -2.15. The van der Waals surface area contributed by atoms with Crippen molar-refractivity contribution >= 4 is 28.6 Å². The smallest absolute Gasteiger partial charge is 0.356 e. The van der Waals surface area contributed by atoms with Crippen molar-refractivity contribution in [1.29, 1.82) is 0 Å². The number of hydrogen-bond acceptors (Lipinski definition) is 3. The zero-order valence-electron chi connectivity index (χ0n) is 7.21. The lowest BCUT2D eigenvalue weighted by molar-refractivity contribution is 0.0576. The first-order chi connectivity index (χ1) is 6.54. The van der Waals surface area contributed by atoms with Gasteiger partial charge < -0.3 is 4.74 Å². The van der Waals surface area contributed by atoms with Crippen LogP contribution < -0.4 is 0 Å². The van der Waals surface area contributed by atoms with Gasteiger partial charge in [0.1, 0.15) is 15.9 Å². The number of esters is 1. The van der Waals surface area contributed by atoms with Crippen LogP contribution >= 0.6 is 22.6 Å². The Labute approximate surface area is 92.4 Å². The molecule has 0 spiro atoms. The molecule has 0 N–H and O–H groups in total. The molecule has 0 bridgehead atoms. The third kappa shape index (κ3) is 2.63. The van der Waals surface area contributed by atoms with E-state index in [-0.39, 0.29) is 5.69 Å². The number of nitrogens with zero attached hydrogens (tertiary/aromatic N) is 2. The number of carbonyl (C=O) groups is 1. The first-order valence-electron chi connectivity index (χ1n) is 3.64. The normalized spacial score (nSPS) is 10.6. The van der Waals surface area contributed by atoms with Crippen LogP contribution in [-0.4, -0.2) is 29.3 Å². The number of ether oxygens (including phenoxy) is 1. The molecule has 1 aromatic heterocycles. The van der Waals surface area contributed by atoms with Gasteiger partial charge in [-0.05, 0) is 22.6 Å². The fraction of sp³-hybridized carbons (Fsp3) is 0.429. The lowest BCUT2D eigenvalue weighted by atomic mass is 10.4. The van der Waals surface area contributed by atoms with Crippen LogP contribution in [0, 0.1) is 3.70 Å². The van der Waals surface area contributed by atoms with E-state index in [1.807, 2.05) is 22.6 Å². The molecule has 0 aliphatic heterocycles. The molecule has 0 atom stereocenters. The summed E-state index contributed by atoms with van der Waals surface area (Å²) in [4.78, 5) is 11.1. The van der Waals surface area contributed by atoms with E-state index in [9.17, 15) is 13.6 Å². The average Bonchev–Trinajstić information content (AvgIpc) is 2.44. The first kappa shape index (κ1) is 11.3. The quantitative estimate of drug-likeness (QED) is 0.628. The van der Waals surface area contributed by atoms with E-state index in [0.717, 1.165) is 4.68 Å². The number of carbonyl (C=O) groups excluding carboxylic acids is 1. The molecule has 0 radical (unpaired) electrons. The number of rotatable bonds is 3. The Bertz CT molecular complexity index is 340. The Hall–Kier alpha value is -0.730. The molecule has 0 aliphatic carbocycles. The number of alkyl halides is 2. The molecule has 0 amide bonds. The van der Waals surface area contributed by atoms with E-state index in [1.165, 1.54) is 13.2 Å². The van der Waals surface area contributed by atoms with Gasteiger partial charge in [-0.3, -0.25) is 4.68 Å². The summed E-state index contributed by atoms with van der Waals surface area (Å²) in [5, 5.41) is 3.74. The summed E-state index contributed by atoms with van der Waals surface area (Å²) in [5.41, 5.74) is 0.0391. The van der Waals surface area contributed by atoms with Crippen molar-refractivity contribution in [3.05, 3.63) is 15.5 Å². The van der Waals surface area contributed by atoms with Gasteiger partial charge in [0.2, 0.25) is 0 Å². The molecule has 0 unspecified atom stereocenters. The van der Waals surface area contributed by atoms with Gasteiger partial charge >= 0.3 is 5.97 Å². The Morgan fingerprint density at radius 3 is 2.93 bits per heavy atom. The van der Waals surface area contributed by atoms with Gasteiger partial charge in [-0.15, -0.1) is 0 Å². The van der Waals surface area contributed by atoms with Crippen molar-refractivity contribution < 1.29 is 18.3 Å². The Balaban J connectivity index is 2.96. The predicted octanol–water partition coefficient (Wildman–Crippen LogP) is 1.54. The van der Waals surface area contributed by atoms with Gasteiger partial charge in [0, 0.05) is 6.07 Å². The van der Waals surface area contributed by atoms with Crippen LogP contribution in [0.2, 0.25) is 0 Å². The Kier molecular flexibility index (Phi) is 3.78. The van der Waals surface area contributed by atoms with Crippen molar-refractivity contribution in [2.45, 2.75) is 13.0 Å². The number of hydrogen-bond donors (Lipinski definition) is 0. The SMILES string of the molecule is COC(=O)c1cc(I)nn1CC(F)F. The molecule has 0 aliphatic rings. The molecule has 0 saturated heterocycles. The van der Waals surface area contributed by atoms with Crippen LogP contribution in [0.25, 0.3) is 0 Å². The zero-order valence-corrected chi connectivity index (χ0v) is 9.36. The standard InChI is InChI=1S/C7H7F2IN2O2/c1-14-7(13)4-2-6(10)11-12(4)3-5(8)9/h2,5H,3H2,1H3. The third-order valence-corrected chi connectivity index (χ3v) is 1.98. The summed E-state index contributed by atoms with van der Waals surface area (Å²) in [6.45, 7) is -0.604. The third-order valence-electron chi connectivity index (χ3n) is 1.46. The second kappa shape index (κ2) is 4.67. The number of aromatic nitrogens is 2. The predicted molar refractivity (Wildman–Crippen MR) is 52.3 cm³/mol. The number of halogens is 3. The lowest BCUT2D eigenvalue weighted by Gasteiger charge is -2.03. The van der Waals surface area contributed by atoms with Crippen LogP contribution in [0.1, 0.15) is 10.5 Å². The zero-order chi connectivity index (χ0) is 10.7. The summed E-state index contributed by atoms with van der Waals surface area (Å²) in [6.07, 6.45) is -2.55. The van der Waals surface area contributed by atoms with Crippen LogP contribution in [0.3, 0.4) is 0 Å². The maximum atomic E-state index is 12.1. The summed E-state index contributed by atoms with van der Waals surface area (Å²) in [5.74, 6) is -0.666. The summed E-state index contributed by atoms with van der Waals surface area (Å²) in [6, 6.07) is 1.40. The highest BCUT2D eigenvalue weighted by molar-refractivity contribution is 14.1. The van der Waals surface area contributed by atoms with Gasteiger partial charge in [0.15, 0.2) is 0 Å². The molecule has 0 saturated carbocycles. The van der Waals surface area contributed by atoms with Crippen molar-refractivity contribution in [3.8, 4) is 0 Å². The van der Waals surface area contributed by atoms with Gasteiger partial charge in [-0.2, -0.15) is 5.10 Å². The van der Waals surface area contributed by atoms with Gasteiger partial charge in [-0.25, -0.2) is 13.6 Å². The summed E-state index contributed by atoms with van der Waals surface area (Å²) in [7, 11) is 1.19. The van der Waals surface area contributed by atoms with Crippen LogP contribution in [0.15, 0.2) is 6.07 Å². The van der Waals surface area contributed by atoms with Crippen molar-refractivity contribution in [2.75, 3.05) is 7.11 Å². The molecule has 1 rings (SSSR count). The molecule has 7 heteroatoms. The average molecular weight is 316 g/mol. The topological polar surface area (TPSA) is 44.1 Å². The molecule has 0 fully saturated rings. The molecular weight excluding hydrogens is 309 g/mol. The second-order valence-electron chi connectivity index (χ2n) is 2.42. The summed E-state index contributed by atoms with van der Waals surface area (Å²) < 4.78 is 30.0. The van der Waals surface area contributed by atoms with Crippen molar-refractivity contribution in [1.82, 2.24) is 9.78 Å².